The van der Waals surface area contributed by atoms with Crippen LogP contribution in [0, 0.1) is 0 Å². The van der Waals surface area contributed by atoms with Crippen LogP contribution < -0.4 is 0 Å². The lowest BCUT2D eigenvalue weighted by molar-refractivity contribution is -0.136. The number of aliphatic carboxylic acids is 1. The predicted molar refractivity (Wildman–Crippen MR) is 55.0 cm³/mol. The van der Waals surface area contributed by atoms with Crippen LogP contribution in [0.15, 0.2) is 24.3 Å². The number of carbonyl (C=O) groups is 1. The molecule has 0 amide bonds. The molecule has 0 radical (unpaired) electrons. The molecule has 0 aliphatic heterocycles. The van der Waals surface area contributed by atoms with Crippen molar-refractivity contribution < 1.29 is 9.90 Å². The minimum Gasteiger partial charge on any atom is -0.481 e. The predicted octanol–water partition coefficient (Wildman–Crippen LogP) is 2.60. The summed E-state index contributed by atoms with van der Waals surface area (Å²) in [4.78, 5) is 10.3. The highest BCUT2D eigenvalue weighted by molar-refractivity contribution is 9.08. The molecule has 0 saturated heterocycles. The standard InChI is InChI=1S/C10H11BrO2/c11-7-9-3-1-8(2-4-9)5-6-10(12)13/h1-4H,5-7H2,(H,12,13). The van der Waals surface area contributed by atoms with Crippen LogP contribution >= 0.6 is 15.9 Å². The summed E-state index contributed by atoms with van der Waals surface area (Å²) in [6, 6.07) is 7.96. The zero-order valence-electron chi connectivity index (χ0n) is 7.16. The van der Waals surface area contributed by atoms with Gasteiger partial charge in [-0.05, 0) is 17.5 Å². The summed E-state index contributed by atoms with van der Waals surface area (Å²) in [5.74, 6) is -0.746. The molecule has 1 N–H and O–H groups in total. The van der Waals surface area contributed by atoms with Gasteiger partial charge in [-0.3, -0.25) is 4.79 Å². The Morgan fingerprint density at radius 2 is 1.77 bits per heavy atom. The fraction of sp³-hybridized carbons (Fsp3) is 0.300. The zero-order valence-corrected chi connectivity index (χ0v) is 8.75. The monoisotopic (exact) mass is 242 g/mol. The highest BCUT2D eigenvalue weighted by Gasteiger charge is 1.98. The van der Waals surface area contributed by atoms with Crippen molar-refractivity contribution in [3.63, 3.8) is 0 Å². The van der Waals surface area contributed by atoms with Gasteiger partial charge < -0.3 is 5.11 Å². The highest BCUT2D eigenvalue weighted by atomic mass is 79.9. The van der Waals surface area contributed by atoms with Gasteiger partial charge in [0.15, 0.2) is 0 Å². The van der Waals surface area contributed by atoms with Gasteiger partial charge in [-0.1, -0.05) is 40.2 Å². The molecule has 0 fully saturated rings. The first-order chi connectivity index (χ1) is 6.22. The Balaban J connectivity index is 2.54. The Bertz CT molecular complexity index is 279. The lowest BCUT2D eigenvalue weighted by atomic mass is 10.1. The highest BCUT2D eigenvalue weighted by Crippen LogP contribution is 2.09. The molecule has 0 aliphatic rings. The number of carboxylic acids is 1. The van der Waals surface area contributed by atoms with Crippen LogP contribution in [0.2, 0.25) is 0 Å². The molecule has 2 nitrogen and oxygen atoms in total. The molecule has 0 bridgehead atoms. The normalized spacial score (nSPS) is 9.92. The van der Waals surface area contributed by atoms with E-state index >= 15 is 0 Å². The van der Waals surface area contributed by atoms with Gasteiger partial charge in [-0.15, -0.1) is 0 Å². The first-order valence-electron chi connectivity index (χ1n) is 4.08. The summed E-state index contributed by atoms with van der Waals surface area (Å²) in [6.07, 6.45) is 0.811. The van der Waals surface area contributed by atoms with Crippen molar-refractivity contribution in [2.45, 2.75) is 18.2 Å². The van der Waals surface area contributed by atoms with Crippen molar-refractivity contribution in [3.8, 4) is 0 Å². The first-order valence-corrected chi connectivity index (χ1v) is 5.20. The maximum atomic E-state index is 10.3. The Hall–Kier alpha value is -0.830. The van der Waals surface area contributed by atoms with Crippen LogP contribution in [0.1, 0.15) is 17.5 Å². The largest absolute Gasteiger partial charge is 0.481 e. The van der Waals surface area contributed by atoms with Crippen LogP contribution in [0.3, 0.4) is 0 Å². The lowest BCUT2D eigenvalue weighted by Gasteiger charge is -1.99. The van der Waals surface area contributed by atoms with Crippen molar-refractivity contribution in [3.05, 3.63) is 35.4 Å². The van der Waals surface area contributed by atoms with Gasteiger partial charge in [-0.2, -0.15) is 0 Å². The van der Waals surface area contributed by atoms with Gasteiger partial charge in [0, 0.05) is 11.8 Å². The summed E-state index contributed by atoms with van der Waals surface area (Å²) in [6.45, 7) is 0. The number of benzene rings is 1. The van der Waals surface area contributed by atoms with E-state index in [4.69, 9.17) is 5.11 Å². The second-order valence-electron chi connectivity index (χ2n) is 2.84. The molecule has 1 rings (SSSR count). The molecule has 13 heavy (non-hydrogen) atoms. The van der Waals surface area contributed by atoms with Crippen molar-refractivity contribution in [1.29, 1.82) is 0 Å². The number of aryl methyl sites for hydroxylation is 1. The molecule has 0 unspecified atom stereocenters. The van der Waals surface area contributed by atoms with Gasteiger partial charge >= 0.3 is 5.97 Å². The number of hydrogen-bond donors (Lipinski definition) is 1. The first kappa shape index (κ1) is 10.3. The molecular formula is C10H11BrO2. The van der Waals surface area contributed by atoms with E-state index in [1.165, 1.54) is 5.56 Å². The van der Waals surface area contributed by atoms with Crippen molar-refractivity contribution in [1.82, 2.24) is 0 Å². The molecule has 0 heterocycles. The third-order valence-electron chi connectivity index (χ3n) is 1.80. The number of halogens is 1. The Labute approximate surface area is 85.7 Å². The summed E-state index contributed by atoms with van der Waals surface area (Å²) in [7, 11) is 0. The number of hydrogen-bond acceptors (Lipinski definition) is 1. The van der Waals surface area contributed by atoms with E-state index in [1.54, 1.807) is 0 Å². The quantitative estimate of drug-likeness (QED) is 0.825. The van der Waals surface area contributed by atoms with E-state index < -0.39 is 5.97 Å². The molecule has 0 aromatic heterocycles. The molecular weight excluding hydrogens is 232 g/mol. The van der Waals surface area contributed by atoms with E-state index in [9.17, 15) is 4.79 Å². The molecule has 0 aliphatic carbocycles. The number of alkyl halides is 1. The van der Waals surface area contributed by atoms with Gasteiger partial charge in [0.1, 0.15) is 0 Å². The average molecular weight is 243 g/mol. The molecule has 3 heteroatoms. The topological polar surface area (TPSA) is 37.3 Å². The summed E-state index contributed by atoms with van der Waals surface area (Å²) in [5.41, 5.74) is 2.28. The smallest absolute Gasteiger partial charge is 0.303 e. The molecule has 70 valence electrons. The minimum atomic E-state index is -0.746. The summed E-state index contributed by atoms with van der Waals surface area (Å²) >= 11 is 3.35. The van der Waals surface area contributed by atoms with E-state index in [2.05, 4.69) is 15.9 Å². The SMILES string of the molecule is O=C(O)CCc1ccc(CBr)cc1. The van der Waals surface area contributed by atoms with E-state index in [0.29, 0.717) is 6.42 Å². The maximum Gasteiger partial charge on any atom is 0.303 e. The second kappa shape index (κ2) is 5.02. The summed E-state index contributed by atoms with van der Waals surface area (Å²) < 4.78 is 0. The van der Waals surface area contributed by atoms with E-state index in [-0.39, 0.29) is 6.42 Å². The van der Waals surface area contributed by atoms with Crippen molar-refractivity contribution in [2.24, 2.45) is 0 Å². The fourth-order valence-corrected chi connectivity index (χ4v) is 1.42. The average Bonchev–Trinajstić information content (AvgIpc) is 2.15. The minimum absolute atomic E-state index is 0.202. The second-order valence-corrected chi connectivity index (χ2v) is 3.40. The maximum absolute atomic E-state index is 10.3. The van der Waals surface area contributed by atoms with Crippen LogP contribution in [0.25, 0.3) is 0 Å². The Kier molecular flexibility index (Phi) is 3.96. The Morgan fingerprint density at radius 3 is 2.23 bits per heavy atom. The molecule has 1 aromatic rings. The molecule has 0 saturated carbocycles. The van der Waals surface area contributed by atoms with Gasteiger partial charge in [0.25, 0.3) is 0 Å². The third kappa shape index (κ3) is 3.59. The van der Waals surface area contributed by atoms with E-state index in [0.717, 1.165) is 10.9 Å². The molecule has 0 spiro atoms. The van der Waals surface area contributed by atoms with Gasteiger partial charge in [0.2, 0.25) is 0 Å². The number of rotatable bonds is 4. The van der Waals surface area contributed by atoms with Crippen LogP contribution in [0.5, 0.6) is 0 Å². The van der Waals surface area contributed by atoms with Crippen molar-refractivity contribution >= 4 is 21.9 Å². The summed E-state index contributed by atoms with van der Waals surface area (Å²) in [5, 5.41) is 9.31. The lowest BCUT2D eigenvalue weighted by Crippen LogP contribution is -1.97. The third-order valence-corrected chi connectivity index (χ3v) is 2.45. The van der Waals surface area contributed by atoms with Gasteiger partial charge in [0.05, 0.1) is 0 Å². The molecule has 0 atom stereocenters. The van der Waals surface area contributed by atoms with Crippen LogP contribution in [-0.4, -0.2) is 11.1 Å². The molecule has 1 aromatic carbocycles. The van der Waals surface area contributed by atoms with Crippen molar-refractivity contribution in [2.75, 3.05) is 0 Å². The van der Waals surface area contributed by atoms with Crippen LogP contribution in [0.4, 0.5) is 0 Å². The van der Waals surface area contributed by atoms with E-state index in [1.807, 2.05) is 24.3 Å². The number of carboxylic acid groups (broad SMARTS) is 1. The Morgan fingerprint density at radius 1 is 1.23 bits per heavy atom. The van der Waals surface area contributed by atoms with Crippen LogP contribution in [-0.2, 0) is 16.5 Å². The fourth-order valence-electron chi connectivity index (χ4n) is 1.05. The zero-order chi connectivity index (χ0) is 9.68. The van der Waals surface area contributed by atoms with Gasteiger partial charge in [-0.25, -0.2) is 0 Å².